The molecule has 0 unspecified atom stereocenters. The summed E-state index contributed by atoms with van der Waals surface area (Å²) >= 11 is 0. The van der Waals surface area contributed by atoms with Crippen molar-refractivity contribution in [1.82, 2.24) is 4.90 Å². The van der Waals surface area contributed by atoms with E-state index in [0.29, 0.717) is 6.54 Å². The molecule has 6 rings (SSSR count). The first-order valence-electron chi connectivity index (χ1n) is 15.8. The van der Waals surface area contributed by atoms with Crippen LogP contribution in [0, 0.1) is 5.92 Å². The highest BCUT2D eigenvalue weighted by Crippen LogP contribution is 2.42. The lowest BCUT2D eigenvalue weighted by molar-refractivity contribution is -0.276. The Morgan fingerprint density at radius 3 is 1.82 bits per heavy atom. The maximum absolute atomic E-state index is 9.64. The number of ether oxygens (including phenoxy) is 2. The largest absolute Gasteiger partial charge is 0.392 e. The van der Waals surface area contributed by atoms with E-state index in [4.69, 9.17) is 15.2 Å². The lowest BCUT2D eigenvalue weighted by Gasteiger charge is -2.43. The van der Waals surface area contributed by atoms with E-state index in [9.17, 15) is 5.11 Å². The molecule has 1 aliphatic rings. The molecule has 1 fully saturated rings. The predicted molar refractivity (Wildman–Crippen MR) is 180 cm³/mol. The predicted octanol–water partition coefficient (Wildman–Crippen LogP) is 7.80. The van der Waals surface area contributed by atoms with Gasteiger partial charge in [-0.2, -0.15) is 0 Å². The lowest BCUT2D eigenvalue weighted by atomic mass is 9.89. The molecule has 0 aromatic heterocycles. The number of aliphatic hydroxyl groups excluding tert-OH is 1. The Kier molecular flexibility index (Phi) is 10.2. The molecule has 45 heavy (non-hydrogen) atoms. The number of nitrogens with zero attached hydrogens (tertiary/aromatic N) is 1. The highest BCUT2D eigenvalue weighted by molar-refractivity contribution is 5.67. The third kappa shape index (κ3) is 7.59. The van der Waals surface area contributed by atoms with Crippen LogP contribution in [0.25, 0.3) is 11.1 Å². The summed E-state index contributed by atoms with van der Waals surface area (Å²) in [5, 5.41) is 9.64. The molecule has 5 heteroatoms. The van der Waals surface area contributed by atoms with Crippen LogP contribution in [0.1, 0.15) is 52.7 Å². The first kappa shape index (κ1) is 30.9. The number of nitrogens with two attached hydrogens (primary N) is 1. The summed E-state index contributed by atoms with van der Waals surface area (Å²) < 4.78 is 13.6. The molecule has 230 valence electrons. The second kappa shape index (κ2) is 14.8. The zero-order chi connectivity index (χ0) is 31.0. The van der Waals surface area contributed by atoms with Gasteiger partial charge in [-0.15, -0.1) is 0 Å². The summed E-state index contributed by atoms with van der Waals surface area (Å²) in [6.45, 7) is 5.12. The van der Waals surface area contributed by atoms with E-state index in [1.54, 1.807) is 0 Å². The minimum atomic E-state index is -0.525. The van der Waals surface area contributed by atoms with Crippen LogP contribution in [0.5, 0.6) is 0 Å². The Hall–Kier alpha value is -4.10. The second-order valence-corrected chi connectivity index (χ2v) is 11.9. The topological polar surface area (TPSA) is 68.0 Å². The monoisotopic (exact) mass is 598 g/mol. The minimum Gasteiger partial charge on any atom is -0.392 e. The molecule has 0 radical (unpaired) electrons. The molecule has 4 atom stereocenters. The van der Waals surface area contributed by atoms with E-state index in [-0.39, 0.29) is 24.7 Å². The Balaban J connectivity index is 1.30. The Labute approximate surface area is 266 Å². The van der Waals surface area contributed by atoms with Crippen molar-refractivity contribution in [2.24, 2.45) is 11.7 Å². The van der Waals surface area contributed by atoms with Gasteiger partial charge < -0.3 is 20.3 Å². The maximum atomic E-state index is 9.64. The SMILES string of the molecule is C[C@@H]1[C@H](CN(Cc2ccccc2)Cc2ccccc2)O[C@H](c2ccc(-c3ccccc3CN)cc2)O[C@@H]1c1ccc(CO)cc1. The highest BCUT2D eigenvalue weighted by Gasteiger charge is 2.39. The van der Waals surface area contributed by atoms with Crippen molar-refractivity contribution in [2.75, 3.05) is 6.54 Å². The van der Waals surface area contributed by atoms with Crippen molar-refractivity contribution in [1.29, 1.82) is 0 Å². The molecule has 3 N–H and O–H groups in total. The summed E-state index contributed by atoms with van der Waals surface area (Å²) in [5.41, 5.74) is 14.9. The van der Waals surface area contributed by atoms with Crippen LogP contribution >= 0.6 is 0 Å². The minimum absolute atomic E-state index is 0.0171. The van der Waals surface area contributed by atoms with Crippen molar-refractivity contribution >= 4 is 0 Å². The quantitative estimate of drug-likeness (QED) is 0.162. The van der Waals surface area contributed by atoms with E-state index in [1.165, 1.54) is 11.1 Å². The maximum Gasteiger partial charge on any atom is 0.184 e. The molecule has 5 aromatic rings. The van der Waals surface area contributed by atoms with Crippen LogP contribution in [-0.4, -0.2) is 22.7 Å². The molecule has 0 aliphatic carbocycles. The molecule has 5 aromatic carbocycles. The number of hydrogen-bond acceptors (Lipinski definition) is 5. The number of hydrogen-bond donors (Lipinski definition) is 2. The van der Waals surface area contributed by atoms with Gasteiger partial charge in [0.1, 0.15) is 0 Å². The molecule has 0 amide bonds. The van der Waals surface area contributed by atoms with Crippen molar-refractivity contribution in [3.8, 4) is 11.1 Å². The summed E-state index contributed by atoms with van der Waals surface area (Å²) in [6, 6.07) is 46.1. The van der Waals surface area contributed by atoms with Crippen LogP contribution in [0.4, 0.5) is 0 Å². The van der Waals surface area contributed by atoms with Gasteiger partial charge in [-0.05, 0) is 38.9 Å². The molecule has 5 nitrogen and oxygen atoms in total. The van der Waals surface area contributed by atoms with Crippen molar-refractivity contribution < 1.29 is 14.6 Å². The average Bonchev–Trinajstić information content (AvgIpc) is 3.10. The Morgan fingerprint density at radius 1 is 0.644 bits per heavy atom. The van der Waals surface area contributed by atoms with Crippen LogP contribution in [0.15, 0.2) is 133 Å². The Morgan fingerprint density at radius 2 is 1.22 bits per heavy atom. The van der Waals surface area contributed by atoms with Gasteiger partial charge in [0.15, 0.2) is 6.29 Å². The van der Waals surface area contributed by atoms with E-state index in [0.717, 1.165) is 53.0 Å². The van der Waals surface area contributed by atoms with Crippen molar-refractivity contribution in [3.05, 3.63) is 167 Å². The molecule has 1 heterocycles. The summed E-state index contributed by atoms with van der Waals surface area (Å²) in [6.07, 6.45) is -0.784. The molecular formula is C40H42N2O3. The zero-order valence-electron chi connectivity index (χ0n) is 25.8. The van der Waals surface area contributed by atoms with Gasteiger partial charge in [-0.1, -0.05) is 140 Å². The summed E-state index contributed by atoms with van der Waals surface area (Å²) in [4.78, 5) is 2.48. The van der Waals surface area contributed by atoms with Crippen LogP contribution in [0.2, 0.25) is 0 Å². The first-order valence-corrected chi connectivity index (χ1v) is 15.8. The van der Waals surface area contributed by atoms with Crippen LogP contribution < -0.4 is 5.73 Å². The lowest BCUT2D eigenvalue weighted by Crippen LogP contribution is -2.44. The van der Waals surface area contributed by atoms with Gasteiger partial charge in [0, 0.05) is 37.7 Å². The van der Waals surface area contributed by atoms with Gasteiger partial charge in [0.25, 0.3) is 0 Å². The highest BCUT2D eigenvalue weighted by atomic mass is 16.7. The molecule has 1 aliphatic heterocycles. The van der Waals surface area contributed by atoms with Crippen molar-refractivity contribution in [3.63, 3.8) is 0 Å². The van der Waals surface area contributed by atoms with Gasteiger partial charge in [-0.25, -0.2) is 0 Å². The second-order valence-electron chi connectivity index (χ2n) is 11.9. The molecular weight excluding hydrogens is 556 g/mol. The average molecular weight is 599 g/mol. The van der Waals surface area contributed by atoms with Crippen molar-refractivity contribution in [2.45, 2.75) is 51.7 Å². The number of aliphatic hydroxyl groups is 1. The third-order valence-electron chi connectivity index (χ3n) is 8.79. The standard InChI is InChI=1S/C40H42N2O3/c1-29-38(27-42(25-30-10-4-2-5-11-30)26-31-12-6-3-7-13-31)44-40(45-39(29)34-18-16-32(28-43)17-19-34)35-22-20-33(21-23-35)37-15-9-8-14-36(37)24-41/h2-23,29,38-40,43H,24-28,41H2,1H3/t29-,38+,39+,40+/m1/s1. The summed E-state index contributed by atoms with van der Waals surface area (Å²) in [5.74, 6) is 0.0889. The van der Waals surface area contributed by atoms with Gasteiger partial charge in [0.05, 0.1) is 18.8 Å². The van der Waals surface area contributed by atoms with E-state index < -0.39 is 6.29 Å². The number of benzene rings is 5. The molecule has 0 spiro atoms. The van der Waals surface area contributed by atoms with E-state index >= 15 is 0 Å². The van der Waals surface area contributed by atoms with Gasteiger partial charge in [0.2, 0.25) is 0 Å². The molecule has 0 bridgehead atoms. The van der Waals surface area contributed by atoms with Gasteiger partial charge >= 0.3 is 0 Å². The first-order chi connectivity index (χ1) is 22.1. The fourth-order valence-corrected chi connectivity index (χ4v) is 6.25. The smallest absolute Gasteiger partial charge is 0.184 e. The normalized spacial score (nSPS) is 19.9. The van der Waals surface area contributed by atoms with Crippen LogP contribution in [0.3, 0.4) is 0 Å². The number of rotatable bonds is 11. The summed E-state index contributed by atoms with van der Waals surface area (Å²) in [7, 11) is 0. The van der Waals surface area contributed by atoms with Crippen LogP contribution in [-0.2, 0) is 35.7 Å². The molecule has 0 saturated carbocycles. The zero-order valence-corrected chi connectivity index (χ0v) is 25.8. The molecule has 1 saturated heterocycles. The van der Waals surface area contributed by atoms with E-state index in [1.807, 2.05) is 24.3 Å². The fraction of sp³-hybridized carbons (Fsp3) is 0.250. The van der Waals surface area contributed by atoms with Gasteiger partial charge in [-0.3, -0.25) is 4.90 Å². The Bertz CT molecular complexity index is 1580. The fourth-order valence-electron chi connectivity index (χ4n) is 6.25. The van der Waals surface area contributed by atoms with E-state index in [2.05, 4.69) is 121 Å². The third-order valence-corrected chi connectivity index (χ3v) is 8.79.